The van der Waals surface area contributed by atoms with Gasteiger partial charge in [-0.2, -0.15) is 0 Å². The molecule has 0 rings (SSSR count). The molecule has 3 nitrogen and oxygen atoms in total. The van der Waals surface area contributed by atoms with Gasteiger partial charge in [0.05, 0.1) is 12.7 Å². The normalized spacial score (nSPS) is 13.5. The van der Waals surface area contributed by atoms with Crippen LogP contribution in [0.1, 0.15) is 33.6 Å². The van der Waals surface area contributed by atoms with Crippen LogP contribution in [0.4, 0.5) is 0 Å². The number of ether oxygens (including phenoxy) is 2. The standard InChI is InChI=1S/C11H25NO2/c1-5-7-13-9-11(12-4)6-8-14-10(2)3/h10-12H,5-9H2,1-4H3. The van der Waals surface area contributed by atoms with Gasteiger partial charge in [-0.1, -0.05) is 6.92 Å². The van der Waals surface area contributed by atoms with Crippen LogP contribution in [0.25, 0.3) is 0 Å². The minimum atomic E-state index is 0.323. The van der Waals surface area contributed by atoms with Gasteiger partial charge in [0.15, 0.2) is 0 Å². The molecule has 0 heterocycles. The van der Waals surface area contributed by atoms with Crippen molar-refractivity contribution in [3.63, 3.8) is 0 Å². The van der Waals surface area contributed by atoms with E-state index in [2.05, 4.69) is 26.1 Å². The van der Waals surface area contributed by atoms with Crippen LogP contribution in [0.3, 0.4) is 0 Å². The van der Waals surface area contributed by atoms with E-state index in [4.69, 9.17) is 9.47 Å². The third-order valence-corrected chi connectivity index (χ3v) is 1.99. The van der Waals surface area contributed by atoms with Crippen LogP contribution in [0.2, 0.25) is 0 Å². The molecule has 1 unspecified atom stereocenters. The lowest BCUT2D eigenvalue weighted by molar-refractivity contribution is 0.0563. The first-order chi connectivity index (χ1) is 6.70. The van der Waals surface area contributed by atoms with Crippen LogP contribution in [-0.4, -0.2) is 39.0 Å². The fourth-order valence-electron chi connectivity index (χ4n) is 1.13. The van der Waals surface area contributed by atoms with E-state index in [-0.39, 0.29) is 0 Å². The molecule has 0 fully saturated rings. The maximum absolute atomic E-state index is 5.48. The summed E-state index contributed by atoms with van der Waals surface area (Å²) < 4.78 is 11.0. The average Bonchev–Trinajstić information content (AvgIpc) is 2.15. The third kappa shape index (κ3) is 8.48. The predicted molar refractivity (Wildman–Crippen MR) is 59.7 cm³/mol. The molecule has 0 aromatic carbocycles. The molecule has 86 valence electrons. The van der Waals surface area contributed by atoms with Crippen molar-refractivity contribution < 1.29 is 9.47 Å². The Bertz CT molecular complexity index is 118. The summed E-state index contributed by atoms with van der Waals surface area (Å²) in [5, 5.41) is 3.23. The molecule has 0 saturated heterocycles. The first-order valence-corrected chi connectivity index (χ1v) is 5.57. The molecule has 1 N–H and O–H groups in total. The van der Waals surface area contributed by atoms with E-state index in [0.29, 0.717) is 12.1 Å². The smallest absolute Gasteiger partial charge is 0.0620 e. The molecule has 0 aliphatic heterocycles. The van der Waals surface area contributed by atoms with Gasteiger partial charge in [0.25, 0.3) is 0 Å². The van der Waals surface area contributed by atoms with Crippen LogP contribution in [0, 0.1) is 0 Å². The fraction of sp³-hybridized carbons (Fsp3) is 1.00. The molecule has 0 amide bonds. The van der Waals surface area contributed by atoms with Crippen molar-refractivity contribution in [3.05, 3.63) is 0 Å². The van der Waals surface area contributed by atoms with Crippen molar-refractivity contribution >= 4 is 0 Å². The Morgan fingerprint density at radius 2 is 1.93 bits per heavy atom. The van der Waals surface area contributed by atoms with E-state index in [1.807, 2.05) is 7.05 Å². The largest absolute Gasteiger partial charge is 0.380 e. The summed E-state index contributed by atoms with van der Waals surface area (Å²) in [6.07, 6.45) is 2.42. The van der Waals surface area contributed by atoms with Crippen molar-refractivity contribution in [2.75, 3.05) is 26.9 Å². The highest BCUT2D eigenvalue weighted by Crippen LogP contribution is 1.97. The Hall–Kier alpha value is -0.120. The van der Waals surface area contributed by atoms with E-state index in [1.54, 1.807) is 0 Å². The molecule has 0 saturated carbocycles. The van der Waals surface area contributed by atoms with Crippen molar-refractivity contribution in [3.8, 4) is 0 Å². The third-order valence-electron chi connectivity index (χ3n) is 1.99. The fourth-order valence-corrected chi connectivity index (χ4v) is 1.13. The summed E-state index contributed by atoms with van der Waals surface area (Å²) in [4.78, 5) is 0. The molecular weight excluding hydrogens is 178 g/mol. The number of likely N-dealkylation sites (N-methyl/N-ethyl adjacent to an activating group) is 1. The lowest BCUT2D eigenvalue weighted by atomic mass is 10.2. The number of hydrogen-bond acceptors (Lipinski definition) is 3. The Kier molecular flexibility index (Phi) is 9.35. The van der Waals surface area contributed by atoms with Gasteiger partial charge < -0.3 is 14.8 Å². The zero-order valence-electron chi connectivity index (χ0n) is 10.0. The molecular formula is C11H25NO2. The quantitative estimate of drug-likeness (QED) is 0.580. The molecule has 1 atom stereocenters. The van der Waals surface area contributed by atoms with Gasteiger partial charge in [-0.15, -0.1) is 0 Å². The van der Waals surface area contributed by atoms with Crippen molar-refractivity contribution in [2.24, 2.45) is 0 Å². The SMILES string of the molecule is CCCOCC(CCOC(C)C)NC. The van der Waals surface area contributed by atoms with Gasteiger partial charge in [-0.3, -0.25) is 0 Å². The summed E-state index contributed by atoms with van der Waals surface area (Å²) in [6.45, 7) is 8.67. The van der Waals surface area contributed by atoms with Crippen LogP contribution in [0.15, 0.2) is 0 Å². The molecule has 0 aromatic heterocycles. The van der Waals surface area contributed by atoms with E-state index >= 15 is 0 Å². The summed E-state index contributed by atoms with van der Waals surface area (Å²) in [5.41, 5.74) is 0. The van der Waals surface area contributed by atoms with Crippen molar-refractivity contribution in [2.45, 2.75) is 45.8 Å². The lowest BCUT2D eigenvalue weighted by Crippen LogP contribution is -2.32. The number of hydrogen-bond donors (Lipinski definition) is 1. The molecule has 0 bridgehead atoms. The molecule has 0 aromatic rings. The van der Waals surface area contributed by atoms with E-state index in [9.17, 15) is 0 Å². The second kappa shape index (κ2) is 9.44. The summed E-state index contributed by atoms with van der Waals surface area (Å²) >= 11 is 0. The highest BCUT2D eigenvalue weighted by molar-refractivity contribution is 4.62. The lowest BCUT2D eigenvalue weighted by Gasteiger charge is -2.17. The van der Waals surface area contributed by atoms with Crippen LogP contribution < -0.4 is 5.32 Å². The van der Waals surface area contributed by atoms with Gasteiger partial charge in [0, 0.05) is 19.3 Å². The van der Waals surface area contributed by atoms with Gasteiger partial charge >= 0.3 is 0 Å². The molecule has 0 aliphatic rings. The molecule has 0 spiro atoms. The number of rotatable bonds is 9. The maximum atomic E-state index is 5.48. The van der Waals surface area contributed by atoms with E-state index < -0.39 is 0 Å². The minimum Gasteiger partial charge on any atom is -0.380 e. The van der Waals surface area contributed by atoms with E-state index in [0.717, 1.165) is 32.7 Å². The van der Waals surface area contributed by atoms with Gasteiger partial charge in [-0.25, -0.2) is 0 Å². The Morgan fingerprint density at radius 1 is 1.21 bits per heavy atom. The van der Waals surface area contributed by atoms with Gasteiger partial charge in [0.2, 0.25) is 0 Å². The molecule has 0 aliphatic carbocycles. The first-order valence-electron chi connectivity index (χ1n) is 5.57. The number of nitrogens with one attached hydrogen (secondary N) is 1. The van der Waals surface area contributed by atoms with Crippen LogP contribution in [-0.2, 0) is 9.47 Å². The topological polar surface area (TPSA) is 30.5 Å². The highest BCUT2D eigenvalue weighted by atomic mass is 16.5. The second-order valence-corrected chi connectivity index (χ2v) is 3.77. The minimum absolute atomic E-state index is 0.323. The van der Waals surface area contributed by atoms with Gasteiger partial charge in [0.1, 0.15) is 0 Å². The predicted octanol–water partition coefficient (Wildman–Crippen LogP) is 1.82. The Labute approximate surface area is 88.2 Å². The Balaban J connectivity index is 3.38. The zero-order valence-corrected chi connectivity index (χ0v) is 10.0. The summed E-state index contributed by atoms with van der Waals surface area (Å²) in [7, 11) is 1.97. The van der Waals surface area contributed by atoms with Crippen molar-refractivity contribution in [1.82, 2.24) is 5.32 Å². The highest BCUT2D eigenvalue weighted by Gasteiger charge is 2.06. The Morgan fingerprint density at radius 3 is 2.43 bits per heavy atom. The zero-order chi connectivity index (χ0) is 10.8. The molecule has 14 heavy (non-hydrogen) atoms. The summed E-state index contributed by atoms with van der Waals surface area (Å²) in [6, 6.07) is 0.417. The second-order valence-electron chi connectivity index (χ2n) is 3.77. The van der Waals surface area contributed by atoms with Crippen LogP contribution >= 0.6 is 0 Å². The first kappa shape index (κ1) is 13.9. The average molecular weight is 203 g/mol. The van der Waals surface area contributed by atoms with E-state index in [1.165, 1.54) is 0 Å². The van der Waals surface area contributed by atoms with Gasteiger partial charge in [-0.05, 0) is 33.7 Å². The maximum Gasteiger partial charge on any atom is 0.0620 e. The van der Waals surface area contributed by atoms with Crippen molar-refractivity contribution in [1.29, 1.82) is 0 Å². The molecule has 3 heteroatoms. The monoisotopic (exact) mass is 203 g/mol. The summed E-state index contributed by atoms with van der Waals surface area (Å²) in [5.74, 6) is 0. The van der Waals surface area contributed by atoms with Crippen LogP contribution in [0.5, 0.6) is 0 Å². The molecule has 0 radical (unpaired) electrons.